The fourth-order valence-electron chi connectivity index (χ4n) is 2.18. The van der Waals surface area contributed by atoms with Crippen molar-refractivity contribution in [2.24, 2.45) is 0 Å². The molecule has 1 N–H and O–H groups in total. The number of nitrogens with zero attached hydrogens (tertiary/aromatic N) is 3. The molecule has 1 aliphatic rings. The minimum Gasteiger partial charge on any atom is -0.357 e. The smallest absolute Gasteiger partial charge is 0.224 e. The van der Waals surface area contributed by atoms with Gasteiger partial charge in [0.2, 0.25) is 5.95 Å². The molecule has 5 heteroatoms. The molecule has 92 valence electrons. The number of anilines is 2. The Kier molecular flexibility index (Phi) is 2.91. The van der Waals surface area contributed by atoms with Gasteiger partial charge in [-0.25, -0.2) is 4.98 Å². The lowest BCUT2D eigenvalue weighted by Gasteiger charge is -2.18. The third kappa shape index (κ3) is 1.95. The lowest BCUT2D eigenvalue weighted by molar-refractivity contribution is 0.848. The normalized spacial score (nSPS) is 13.6. The standard InChI is InChI=1S/C13H13BrN4/c1-15-13-16-6-11(14)12(17-13)18-7-9-4-2-3-5-10(9)8-18/h2-6H,7-8H2,1H3,(H,15,16,17). The van der Waals surface area contributed by atoms with Crippen LogP contribution in [0, 0.1) is 0 Å². The summed E-state index contributed by atoms with van der Waals surface area (Å²) >= 11 is 3.52. The molecule has 2 aromatic rings. The Morgan fingerprint density at radius 3 is 2.50 bits per heavy atom. The molecule has 1 aliphatic heterocycles. The lowest BCUT2D eigenvalue weighted by Crippen LogP contribution is -2.17. The van der Waals surface area contributed by atoms with Crippen molar-refractivity contribution in [3.63, 3.8) is 0 Å². The van der Waals surface area contributed by atoms with E-state index in [2.05, 4.69) is 60.4 Å². The highest BCUT2D eigenvalue weighted by atomic mass is 79.9. The molecular formula is C13H13BrN4. The average Bonchev–Trinajstić information content (AvgIpc) is 2.82. The molecule has 0 saturated carbocycles. The van der Waals surface area contributed by atoms with Crippen LogP contribution in [-0.2, 0) is 13.1 Å². The largest absolute Gasteiger partial charge is 0.357 e. The summed E-state index contributed by atoms with van der Waals surface area (Å²) in [5.41, 5.74) is 2.74. The van der Waals surface area contributed by atoms with Gasteiger partial charge in [0, 0.05) is 26.3 Å². The number of benzene rings is 1. The first-order chi connectivity index (χ1) is 8.78. The number of aromatic nitrogens is 2. The van der Waals surface area contributed by atoms with Crippen LogP contribution in [0.1, 0.15) is 11.1 Å². The van der Waals surface area contributed by atoms with Crippen molar-refractivity contribution in [1.29, 1.82) is 0 Å². The molecule has 0 fully saturated rings. The molecule has 0 bridgehead atoms. The third-order valence-corrected chi connectivity index (χ3v) is 3.65. The highest BCUT2D eigenvalue weighted by molar-refractivity contribution is 9.10. The Labute approximate surface area is 114 Å². The number of nitrogens with one attached hydrogen (secondary N) is 1. The number of hydrogen-bond donors (Lipinski definition) is 1. The summed E-state index contributed by atoms with van der Waals surface area (Å²) < 4.78 is 0.925. The molecular weight excluding hydrogens is 292 g/mol. The Morgan fingerprint density at radius 2 is 1.89 bits per heavy atom. The molecule has 1 aromatic carbocycles. The van der Waals surface area contributed by atoms with Gasteiger partial charge in [0.15, 0.2) is 0 Å². The van der Waals surface area contributed by atoms with Gasteiger partial charge in [-0.05, 0) is 27.1 Å². The van der Waals surface area contributed by atoms with E-state index in [0.29, 0.717) is 5.95 Å². The maximum Gasteiger partial charge on any atom is 0.224 e. The Balaban J connectivity index is 1.94. The topological polar surface area (TPSA) is 41.1 Å². The summed E-state index contributed by atoms with van der Waals surface area (Å²) in [6.45, 7) is 1.80. The zero-order valence-corrected chi connectivity index (χ0v) is 11.6. The van der Waals surface area contributed by atoms with Crippen LogP contribution >= 0.6 is 15.9 Å². The first-order valence-electron chi connectivity index (χ1n) is 5.80. The van der Waals surface area contributed by atoms with E-state index < -0.39 is 0 Å². The second kappa shape index (κ2) is 4.57. The van der Waals surface area contributed by atoms with Gasteiger partial charge in [-0.3, -0.25) is 0 Å². The van der Waals surface area contributed by atoms with Crippen LogP contribution in [0.15, 0.2) is 34.9 Å². The summed E-state index contributed by atoms with van der Waals surface area (Å²) in [4.78, 5) is 10.9. The van der Waals surface area contributed by atoms with E-state index in [9.17, 15) is 0 Å². The van der Waals surface area contributed by atoms with Crippen LogP contribution in [0.25, 0.3) is 0 Å². The molecule has 1 aromatic heterocycles. The van der Waals surface area contributed by atoms with Gasteiger partial charge in [0.1, 0.15) is 5.82 Å². The van der Waals surface area contributed by atoms with Crippen molar-refractivity contribution >= 4 is 27.7 Å². The first-order valence-corrected chi connectivity index (χ1v) is 6.59. The zero-order valence-electron chi connectivity index (χ0n) is 10.0. The zero-order chi connectivity index (χ0) is 12.5. The van der Waals surface area contributed by atoms with E-state index >= 15 is 0 Å². The number of rotatable bonds is 2. The predicted molar refractivity (Wildman–Crippen MR) is 75.6 cm³/mol. The van der Waals surface area contributed by atoms with Gasteiger partial charge in [-0.2, -0.15) is 4.98 Å². The second-order valence-electron chi connectivity index (χ2n) is 4.24. The molecule has 0 amide bonds. The number of halogens is 1. The minimum absolute atomic E-state index is 0.643. The first kappa shape index (κ1) is 11.5. The molecule has 0 atom stereocenters. The van der Waals surface area contributed by atoms with E-state index in [1.54, 1.807) is 6.20 Å². The SMILES string of the molecule is CNc1ncc(Br)c(N2Cc3ccccc3C2)n1. The Hall–Kier alpha value is -1.62. The summed E-state index contributed by atoms with van der Waals surface area (Å²) in [5.74, 6) is 1.58. The minimum atomic E-state index is 0.643. The van der Waals surface area contributed by atoms with E-state index in [1.807, 2.05) is 7.05 Å². The molecule has 0 radical (unpaired) electrons. The van der Waals surface area contributed by atoms with E-state index in [-0.39, 0.29) is 0 Å². The third-order valence-electron chi connectivity index (χ3n) is 3.09. The molecule has 4 nitrogen and oxygen atoms in total. The van der Waals surface area contributed by atoms with Crippen molar-refractivity contribution in [1.82, 2.24) is 9.97 Å². The monoisotopic (exact) mass is 304 g/mol. The summed E-state index contributed by atoms with van der Waals surface area (Å²) in [6, 6.07) is 8.50. The van der Waals surface area contributed by atoms with Crippen molar-refractivity contribution < 1.29 is 0 Å². The molecule has 3 rings (SSSR count). The molecule has 0 spiro atoms. The van der Waals surface area contributed by atoms with Crippen LogP contribution in [-0.4, -0.2) is 17.0 Å². The van der Waals surface area contributed by atoms with E-state index in [0.717, 1.165) is 23.4 Å². The fourth-order valence-corrected chi connectivity index (χ4v) is 2.63. The van der Waals surface area contributed by atoms with Gasteiger partial charge in [0.05, 0.1) is 4.47 Å². The van der Waals surface area contributed by atoms with Crippen molar-refractivity contribution in [3.8, 4) is 0 Å². The fraction of sp³-hybridized carbons (Fsp3) is 0.231. The average molecular weight is 305 g/mol. The van der Waals surface area contributed by atoms with Crippen LogP contribution in [0.4, 0.5) is 11.8 Å². The van der Waals surface area contributed by atoms with Crippen molar-refractivity contribution in [2.45, 2.75) is 13.1 Å². The van der Waals surface area contributed by atoms with Gasteiger partial charge in [-0.15, -0.1) is 0 Å². The van der Waals surface area contributed by atoms with Crippen molar-refractivity contribution in [3.05, 3.63) is 46.1 Å². The van der Waals surface area contributed by atoms with Crippen molar-refractivity contribution in [2.75, 3.05) is 17.3 Å². The van der Waals surface area contributed by atoms with Gasteiger partial charge < -0.3 is 10.2 Å². The maximum absolute atomic E-state index is 4.51. The molecule has 18 heavy (non-hydrogen) atoms. The highest BCUT2D eigenvalue weighted by Crippen LogP contribution is 2.31. The Morgan fingerprint density at radius 1 is 1.22 bits per heavy atom. The van der Waals surface area contributed by atoms with Crippen LogP contribution in [0.3, 0.4) is 0 Å². The van der Waals surface area contributed by atoms with Gasteiger partial charge in [-0.1, -0.05) is 24.3 Å². The summed E-state index contributed by atoms with van der Waals surface area (Å²) in [5, 5.41) is 2.97. The predicted octanol–water partition coefficient (Wildman–Crippen LogP) is 2.80. The maximum atomic E-state index is 4.51. The molecule has 0 aliphatic carbocycles. The molecule has 0 unspecified atom stereocenters. The molecule has 0 saturated heterocycles. The van der Waals surface area contributed by atoms with E-state index in [4.69, 9.17) is 0 Å². The van der Waals surface area contributed by atoms with E-state index in [1.165, 1.54) is 11.1 Å². The quantitative estimate of drug-likeness (QED) is 0.926. The van der Waals surface area contributed by atoms with Gasteiger partial charge in [0.25, 0.3) is 0 Å². The Bertz CT molecular complexity index is 560. The van der Waals surface area contributed by atoms with Crippen LogP contribution < -0.4 is 10.2 Å². The highest BCUT2D eigenvalue weighted by Gasteiger charge is 2.21. The summed E-state index contributed by atoms with van der Waals surface area (Å²) in [7, 11) is 1.83. The summed E-state index contributed by atoms with van der Waals surface area (Å²) in [6.07, 6.45) is 1.79. The number of fused-ring (bicyclic) bond motifs is 1. The lowest BCUT2D eigenvalue weighted by atomic mass is 10.1. The second-order valence-corrected chi connectivity index (χ2v) is 5.09. The van der Waals surface area contributed by atoms with Crippen LogP contribution in [0.2, 0.25) is 0 Å². The van der Waals surface area contributed by atoms with Gasteiger partial charge >= 0.3 is 0 Å². The number of hydrogen-bond acceptors (Lipinski definition) is 4. The van der Waals surface area contributed by atoms with Crippen LogP contribution in [0.5, 0.6) is 0 Å². The molecule has 2 heterocycles.